The first-order valence-corrected chi connectivity index (χ1v) is 8.26. The van der Waals surface area contributed by atoms with Crippen molar-refractivity contribution >= 4 is 21.6 Å². The minimum atomic E-state index is 0.326. The van der Waals surface area contributed by atoms with E-state index in [4.69, 9.17) is 0 Å². The monoisotopic (exact) mass is 360 g/mol. The van der Waals surface area contributed by atoms with Gasteiger partial charge in [0.15, 0.2) is 0 Å². The number of oxime groups is 1. The van der Waals surface area contributed by atoms with Gasteiger partial charge in [-0.05, 0) is 48.1 Å². The summed E-state index contributed by atoms with van der Waals surface area (Å²) < 4.78 is 1.07. The molecule has 0 saturated heterocycles. The molecule has 1 atom stereocenters. The molecule has 4 heteroatoms. The van der Waals surface area contributed by atoms with Gasteiger partial charge in [0.1, 0.15) is 0 Å². The number of halogens is 1. The van der Waals surface area contributed by atoms with Crippen LogP contribution in [0, 0.1) is 5.92 Å². The number of pyridine rings is 1. The molecule has 0 aliphatic rings. The van der Waals surface area contributed by atoms with Gasteiger partial charge >= 0.3 is 0 Å². The molecular formula is C18H21BrN2O. The molecule has 116 valence electrons. The second-order valence-corrected chi connectivity index (χ2v) is 6.78. The minimum absolute atomic E-state index is 0.326. The van der Waals surface area contributed by atoms with E-state index in [2.05, 4.69) is 64.2 Å². The van der Waals surface area contributed by atoms with Crippen LogP contribution < -0.4 is 0 Å². The van der Waals surface area contributed by atoms with Gasteiger partial charge < -0.3 is 5.21 Å². The topological polar surface area (TPSA) is 45.5 Å². The fourth-order valence-corrected chi connectivity index (χ4v) is 2.90. The molecule has 1 N–H and O–H groups in total. The maximum absolute atomic E-state index is 9.41. The Kier molecular flexibility index (Phi) is 6.13. The van der Waals surface area contributed by atoms with Crippen molar-refractivity contribution in [3.63, 3.8) is 0 Å². The molecule has 0 fully saturated rings. The molecule has 1 aromatic heterocycles. The lowest BCUT2D eigenvalue weighted by atomic mass is 9.85. The molecule has 0 saturated carbocycles. The zero-order valence-corrected chi connectivity index (χ0v) is 14.5. The minimum Gasteiger partial charge on any atom is -0.411 e. The first kappa shape index (κ1) is 16.7. The third kappa shape index (κ3) is 4.67. The average molecular weight is 361 g/mol. The molecule has 0 aliphatic heterocycles. The molecule has 2 rings (SSSR count). The molecule has 0 amide bonds. The Hall–Kier alpha value is -1.68. The van der Waals surface area contributed by atoms with Gasteiger partial charge in [0.05, 0.1) is 5.71 Å². The van der Waals surface area contributed by atoms with E-state index in [1.807, 2.05) is 12.1 Å². The summed E-state index contributed by atoms with van der Waals surface area (Å²) in [7, 11) is 0. The van der Waals surface area contributed by atoms with E-state index in [-0.39, 0.29) is 0 Å². The summed E-state index contributed by atoms with van der Waals surface area (Å²) in [5, 5.41) is 12.9. The Balaban J connectivity index is 2.24. The SMILES string of the molecule is CC(C)CC(C/C(=N\O)c1ccncc1)c1ccc(Br)cc1. The Morgan fingerprint density at radius 3 is 2.32 bits per heavy atom. The number of benzene rings is 1. The zero-order chi connectivity index (χ0) is 15.9. The number of aromatic nitrogens is 1. The summed E-state index contributed by atoms with van der Waals surface area (Å²) in [5.41, 5.74) is 2.89. The van der Waals surface area contributed by atoms with Crippen molar-refractivity contribution in [2.75, 3.05) is 0 Å². The fraction of sp³-hybridized carbons (Fsp3) is 0.333. The van der Waals surface area contributed by atoms with Crippen LogP contribution in [0.15, 0.2) is 58.4 Å². The summed E-state index contributed by atoms with van der Waals surface area (Å²) in [6.07, 6.45) is 5.20. The van der Waals surface area contributed by atoms with Gasteiger partial charge in [-0.3, -0.25) is 4.98 Å². The van der Waals surface area contributed by atoms with Gasteiger partial charge in [-0.1, -0.05) is 47.1 Å². The fourth-order valence-electron chi connectivity index (χ4n) is 2.64. The highest BCUT2D eigenvalue weighted by atomic mass is 79.9. The van der Waals surface area contributed by atoms with Crippen LogP contribution in [-0.4, -0.2) is 15.9 Å². The van der Waals surface area contributed by atoms with E-state index < -0.39 is 0 Å². The molecule has 1 unspecified atom stereocenters. The van der Waals surface area contributed by atoms with Gasteiger partial charge in [-0.25, -0.2) is 0 Å². The van der Waals surface area contributed by atoms with Crippen molar-refractivity contribution in [2.24, 2.45) is 11.1 Å². The molecule has 1 aromatic carbocycles. The van der Waals surface area contributed by atoms with E-state index >= 15 is 0 Å². The lowest BCUT2D eigenvalue weighted by Crippen LogP contribution is -2.11. The molecule has 0 spiro atoms. The molecule has 1 heterocycles. The summed E-state index contributed by atoms with van der Waals surface area (Å²) >= 11 is 3.48. The molecule has 2 aromatic rings. The third-order valence-corrected chi connectivity index (χ3v) is 4.20. The number of hydrogen-bond donors (Lipinski definition) is 1. The van der Waals surface area contributed by atoms with Crippen molar-refractivity contribution in [2.45, 2.75) is 32.6 Å². The van der Waals surface area contributed by atoms with Crippen molar-refractivity contribution in [1.29, 1.82) is 0 Å². The normalized spacial score (nSPS) is 13.4. The van der Waals surface area contributed by atoms with Gasteiger partial charge in [-0.2, -0.15) is 0 Å². The van der Waals surface area contributed by atoms with Crippen LogP contribution in [0.2, 0.25) is 0 Å². The second-order valence-electron chi connectivity index (χ2n) is 5.86. The Morgan fingerprint density at radius 2 is 1.77 bits per heavy atom. The number of hydrogen-bond acceptors (Lipinski definition) is 3. The predicted molar refractivity (Wildman–Crippen MR) is 93.5 cm³/mol. The first-order chi connectivity index (χ1) is 10.6. The molecule has 0 bridgehead atoms. The van der Waals surface area contributed by atoms with Crippen molar-refractivity contribution in [1.82, 2.24) is 4.98 Å². The lowest BCUT2D eigenvalue weighted by Gasteiger charge is -2.20. The summed E-state index contributed by atoms with van der Waals surface area (Å²) in [5.74, 6) is 0.901. The van der Waals surface area contributed by atoms with Crippen molar-refractivity contribution in [3.8, 4) is 0 Å². The van der Waals surface area contributed by atoms with Crippen LogP contribution >= 0.6 is 15.9 Å². The highest BCUT2D eigenvalue weighted by molar-refractivity contribution is 9.10. The molecule has 0 radical (unpaired) electrons. The standard InChI is InChI=1S/C18H21BrN2O/c1-13(2)11-16(14-3-5-17(19)6-4-14)12-18(21-22)15-7-9-20-10-8-15/h3-10,13,16,22H,11-12H2,1-2H3/b21-18+. The maximum Gasteiger partial charge on any atom is 0.0874 e. The predicted octanol–water partition coefficient (Wildman–Crippen LogP) is 5.24. The average Bonchev–Trinajstić information content (AvgIpc) is 2.52. The number of nitrogens with zero attached hydrogens (tertiary/aromatic N) is 2. The van der Waals surface area contributed by atoms with Crippen LogP contribution in [0.4, 0.5) is 0 Å². The highest BCUT2D eigenvalue weighted by Crippen LogP contribution is 2.29. The van der Waals surface area contributed by atoms with E-state index in [9.17, 15) is 5.21 Å². The zero-order valence-electron chi connectivity index (χ0n) is 12.9. The van der Waals surface area contributed by atoms with Crippen LogP contribution in [-0.2, 0) is 0 Å². The third-order valence-electron chi connectivity index (χ3n) is 3.67. The summed E-state index contributed by atoms with van der Waals surface area (Å²) in [6.45, 7) is 4.43. The van der Waals surface area contributed by atoms with Crippen LogP contribution in [0.3, 0.4) is 0 Å². The van der Waals surface area contributed by atoms with E-state index in [1.54, 1.807) is 12.4 Å². The van der Waals surface area contributed by atoms with Crippen LogP contribution in [0.25, 0.3) is 0 Å². The summed E-state index contributed by atoms with van der Waals surface area (Å²) in [6, 6.07) is 12.2. The van der Waals surface area contributed by atoms with Crippen molar-refractivity contribution in [3.05, 3.63) is 64.4 Å². The highest BCUT2D eigenvalue weighted by Gasteiger charge is 2.18. The maximum atomic E-state index is 9.41. The van der Waals surface area contributed by atoms with Crippen LogP contribution in [0.5, 0.6) is 0 Å². The van der Waals surface area contributed by atoms with Gasteiger partial charge in [0, 0.05) is 28.9 Å². The Morgan fingerprint density at radius 1 is 1.14 bits per heavy atom. The van der Waals surface area contributed by atoms with Crippen LogP contribution in [0.1, 0.15) is 43.7 Å². The molecule has 0 aliphatic carbocycles. The van der Waals surface area contributed by atoms with E-state index in [0.29, 0.717) is 24.0 Å². The Labute approximate surface area is 140 Å². The van der Waals surface area contributed by atoms with E-state index in [0.717, 1.165) is 16.5 Å². The lowest BCUT2D eigenvalue weighted by molar-refractivity contribution is 0.317. The Bertz CT molecular complexity index is 609. The summed E-state index contributed by atoms with van der Waals surface area (Å²) in [4.78, 5) is 4.02. The smallest absolute Gasteiger partial charge is 0.0874 e. The first-order valence-electron chi connectivity index (χ1n) is 7.47. The van der Waals surface area contributed by atoms with Gasteiger partial charge in [0.25, 0.3) is 0 Å². The van der Waals surface area contributed by atoms with Gasteiger partial charge in [0.2, 0.25) is 0 Å². The van der Waals surface area contributed by atoms with Gasteiger partial charge in [-0.15, -0.1) is 0 Å². The second kappa shape index (κ2) is 8.08. The molecular weight excluding hydrogens is 340 g/mol. The quantitative estimate of drug-likeness (QED) is 0.434. The largest absolute Gasteiger partial charge is 0.411 e. The number of rotatable bonds is 6. The van der Waals surface area contributed by atoms with E-state index in [1.165, 1.54) is 5.56 Å². The molecule has 3 nitrogen and oxygen atoms in total. The van der Waals surface area contributed by atoms with Crippen molar-refractivity contribution < 1.29 is 5.21 Å². The molecule has 22 heavy (non-hydrogen) atoms.